The lowest BCUT2D eigenvalue weighted by Crippen LogP contribution is -2.24. The third kappa shape index (κ3) is 3.20. The van der Waals surface area contributed by atoms with Gasteiger partial charge in [0.2, 0.25) is 12.2 Å². The van der Waals surface area contributed by atoms with Crippen LogP contribution in [0.3, 0.4) is 0 Å². The summed E-state index contributed by atoms with van der Waals surface area (Å²) in [7, 11) is 0. The molecular formula is C18H14N6O2. The molecule has 0 radical (unpaired) electrons. The van der Waals surface area contributed by atoms with Gasteiger partial charge >= 0.3 is 0 Å². The maximum atomic E-state index is 12.6. The number of benzene rings is 2. The van der Waals surface area contributed by atoms with Crippen LogP contribution in [-0.4, -0.2) is 30.8 Å². The van der Waals surface area contributed by atoms with Gasteiger partial charge in [0.1, 0.15) is 12.7 Å². The van der Waals surface area contributed by atoms with Crippen LogP contribution in [0.1, 0.15) is 15.9 Å². The van der Waals surface area contributed by atoms with Gasteiger partial charge in [0.05, 0.1) is 11.3 Å². The minimum absolute atomic E-state index is 0.170. The van der Waals surface area contributed by atoms with E-state index in [9.17, 15) is 4.79 Å². The fraction of sp³-hybridized carbons (Fsp3) is 0.0556. The van der Waals surface area contributed by atoms with Gasteiger partial charge in [-0.05, 0) is 17.7 Å². The Morgan fingerprint density at radius 3 is 2.54 bits per heavy atom. The molecule has 4 rings (SSSR count). The maximum Gasteiger partial charge on any atom is 0.253 e. The number of carbonyl (C=O) groups excluding carboxylic acids is 1. The second-order valence-electron chi connectivity index (χ2n) is 5.52. The van der Waals surface area contributed by atoms with E-state index in [-0.39, 0.29) is 5.91 Å². The quantitative estimate of drug-likeness (QED) is 0.595. The summed E-state index contributed by atoms with van der Waals surface area (Å²) in [4.78, 5) is 16.6. The summed E-state index contributed by atoms with van der Waals surface area (Å²) in [6, 6.07) is 14.9. The van der Waals surface area contributed by atoms with Gasteiger partial charge in [-0.3, -0.25) is 9.36 Å². The van der Waals surface area contributed by atoms with Crippen LogP contribution in [0.15, 0.2) is 72.1 Å². The van der Waals surface area contributed by atoms with E-state index in [1.807, 2.05) is 42.5 Å². The third-order valence-electron chi connectivity index (χ3n) is 3.87. The van der Waals surface area contributed by atoms with E-state index in [0.717, 1.165) is 16.8 Å². The highest BCUT2D eigenvalue weighted by molar-refractivity contribution is 5.97. The number of amides is 1. The second-order valence-corrected chi connectivity index (χ2v) is 5.52. The first kappa shape index (κ1) is 15.7. The van der Waals surface area contributed by atoms with Gasteiger partial charge in [-0.25, -0.2) is 0 Å². The molecule has 2 aromatic heterocycles. The van der Waals surface area contributed by atoms with Crippen molar-refractivity contribution in [1.29, 1.82) is 0 Å². The van der Waals surface area contributed by atoms with Crippen molar-refractivity contribution < 1.29 is 9.32 Å². The molecule has 128 valence electrons. The van der Waals surface area contributed by atoms with Crippen LogP contribution >= 0.6 is 0 Å². The van der Waals surface area contributed by atoms with E-state index in [1.165, 1.54) is 6.39 Å². The lowest BCUT2D eigenvalue weighted by atomic mass is 10.1. The molecule has 1 N–H and O–H groups in total. The maximum absolute atomic E-state index is 12.6. The molecule has 0 saturated heterocycles. The van der Waals surface area contributed by atoms with Gasteiger partial charge in [-0.1, -0.05) is 41.6 Å². The van der Waals surface area contributed by atoms with Crippen LogP contribution in [0, 0.1) is 0 Å². The van der Waals surface area contributed by atoms with E-state index in [0.29, 0.717) is 17.9 Å². The van der Waals surface area contributed by atoms with Crippen molar-refractivity contribution >= 4 is 5.91 Å². The van der Waals surface area contributed by atoms with E-state index < -0.39 is 0 Å². The molecule has 0 atom stereocenters. The van der Waals surface area contributed by atoms with Gasteiger partial charge in [0, 0.05) is 12.1 Å². The minimum Gasteiger partial charge on any atom is -0.348 e. The summed E-state index contributed by atoms with van der Waals surface area (Å²) in [5.41, 5.74) is 3.09. The fourth-order valence-electron chi connectivity index (χ4n) is 2.56. The molecule has 0 aliphatic heterocycles. The Morgan fingerprint density at radius 2 is 1.81 bits per heavy atom. The summed E-state index contributed by atoms with van der Waals surface area (Å²) in [6.07, 6.45) is 4.41. The van der Waals surface area contributed by atoms with Crippen molar-refractivity contribution in [3.8, 4) is 17.1 Å². The van der Waals surface area contributed by atoms with Crippen molar-refractivity contribution in [1.82, 2.24) is 30.2 Å². The standard InChI is InChI=1S/C18H14N6O2/c25-18(15-3-1-2-4-16(15)24-10-21-22-11-24)19-9-13-5-7-14(8-6-13)17-20-12-26-23-17/h1-8,10-12H,9H2,(H,19,25). The highest BCUT2D eigenvalue weighted by Crippen LogP contribution is 2.16. The second kappa shape index (κ2) is 6.98. The molecule has 1 amide bonds. The molecule has 0 saturated carbocycles. The predicted molar refractivity (Wildman–Crippen MR) is 92.3 cm³/mol. The van der Waals surface area contributed by atoms with Gasteiger partial charge in [-0.2, -0.15) is 4.98 Å². The van der Waals surface area contributed by atoms with Crippen molar-refractivity contribution in [2.75, 3.05) is 0 Å². The smallest absolute Gasteiger partial charge is 0.253 e. The van der Waals surface area contributed by atoms with Gasteiger partial charge < -0.3 is 9.84 Å². The van der Waals surface area contributed by atoms with Gasteiger partial charge in [0.15, 0.2) is 0 Å². The molecule has 8 nitrogen and oxygen atoms in total. The van der Waals surface area contributed by atoms with Crippen LogP contribution in [0.4, 0.5) is 0 Å². The summed E-state index contributed by atoms with van der Waals surface area (Å²) < 4.78 is 6.44. The molecule has 0 unspecified atom stereocenters. The number of aromatic nitrogens is 5. The molecule has 0 fully saturated rings. The van der Waals surface area contributed by atoms with Crippen molar-refractivity contribution in [2.45, 2.75) is 6.54 Å². The number of nitrogens with zero attached hydrogens (tertiary/aromatic N) is 5. The monoisotopic (exact) mass is 346 g/mol. The van der Waals surface area contributed by atoms with Crippen molar-refractivity contribution in [2.24, 2.45) is 0 Å². The number of para-hydroxylation sites is 1. The fourth-order valence-corrected chi connectivity index (χ4v) is 2.56. The Balaban J connectivity index is 1.46. The molecule has 2 aromatic carbocycles. The lowest BCUT2D eigenvalue weighted by molar-refractivity contribution is 0.0951. The first-order valence-corrected chi connectivity index (χ1v) is 7.89. The Bertz CT molecular complexity index is 995. The van der Waals surface area contributed by atoms with Crippen molar-refractivity contribution in [3.05, 3.63) is 78.7 Å². The first-order valence-electron chi connectivity index (χ1n) is 7.89. The molecule has 26 heavy (non-hydrogen) atoms. The highest BCUT2D eigenvalue weighted by atomic mass is 16.5. The number of carbonyl (C=O) groups is 1. The Kier molecular flexibility index (Phi) is 4.21. The number of nitrogens with one attached hydrogen (secondary N) is 1. The number of hydrogen-bond donors (Lipinski definition) is 1. The molecule has 0 spiro atoms. The SMILES string of the molecule is O=C(NCc1ccc(-c2ncon2)cc1)c1ccccc1-n1cnnc1. The Morgan fingerprint density at radius 1 is 1.04 bits per heavy atom. The average molecular weight is 346 g/mol. The molecule has 0 aliphatic rings. The summed E-state index contributed by atoms with van der Waals surface area (Å²) in [6.45, 7) is 0.405. The van der Waals surface area contributed by atoms with E-state index in [1.54, 1.807) is 23.3 Å². The normalized spacial score (nSPS) is 10.6. The highest BCUT2D eigenvalue weighted by Gasteiger charge is 2.12. The zero-order valence-corrected chi connectivity index (χ0v) is 13.6. The Hall–Kier alpha value is -3.81. The predicted octanol–water partition coefficient (Wildman–Crippen LogP) is 2.25. The summed E-state index contributed by atoms with van der Waals surface area (Å²) >= 11 is 0. The summed E-state index contributed by atoms with van der Waals surface area (Å²) in [5.74, 6) is 0.361. The molecular weight excluding hydrogens is 332 g/mol. The zero-order valence-electron chi connectivity index (χ0n) is 13.6. The van der Waals surface area contributed by atoms with E-state index >= 15 is 0 Å². The summed E-state index contributed by atoms with van der Waals surface area (Å²) in [5, 5.41) is 14.3. The van der Waals surface area contributed by atoms with Crippen LogP contribution < -0.4 is 5.32 Å². The molecule has 2 heterocycles. The third-order valence-corrected chi connectivity index (χ3v) is 3.87. The van der Waals surface area contributed by atoms with Crippen LogP contribution in [0.5, 0.6) is 0 Å². The minimum atomic E-state index is -0.170. The molecule has 8 heteroatoms. The average Bonchev–Trinajstić information content (AvgIpc) is 3.40. The zero-order chi connectivity index (χ0) is 17.8. The van der Waals surface area contributed by atoms with Crippen LogP contribution in [-0.2, 0) is 6.54 Å². The molecule has 0 bridgehead atoms. The topological polar surface area (TPSA) is 98.7 Å². The van der Waals surface area contributed by atoms with Crippen LogP contribution in [0.25, 0.3) is 17.1 Å². The first-order chi connectivity index (χ1) is 12.8. The van der Waals surface area contributed by atoms with Gasteiger partial charge in [0.25, 0.3) is 5.91 Å². The number of hydrogen-bond acceptors (Lipinski definition) is 6. The van der Waals surface area contributed by atoms with Crippen LogP contribution in [0.2, 0.25) is 0 Å². The molecule has 0 aliphatic carbocycles. The number of rotatable bonds is 5. The van der Waals surface area contributed by atoms with Gasteiger partial charge in [-0.15, -0.1) is 10.2 Å². The lowest BCUT2D eigenvalue weighted by Gasteiger charge is -2.10. The van der Waals surface area contributed by atoms with E-state index in [2.05, 4.69) is 25.7 Å². The largest absolute Gasteiger partial charge is 0.348 e. The van der Waals surface area contributed by atoms with Crippen molar-refractivity contribution in [3.63, 3.8) is 0 Å². The molecule has 4 aromatic rings. The Labute approximate surface area is 148 Å². The van der Waals surface area contributed by atoms with E-state index in [4.69, 9.17) is 4.52 Å².